The number of nitriles is 2. The van der Waals surface area contributed by atoms with Gasteiger partial charge in [0.1, 0.15) is 11.8 Å². The fraction of sp³-hybridized carbons (Fsp3) is 0.227. The van der Waals surface area contributed by atoms with Crippen molar-refractivity contribution < 1.29 is 5.11 Å². The molecule has 0 saturated heterocycles. The summed E-state index contributed by atoms with van der Waals surface area (Å²) in [5.41, 5.74) is 5.81. The molecule has 5 nitrogen and oxygen atoms in total. The van der Waals surface area contributed by atoms with Gasteiger partial charge in [0.15, 0.2) is 0 Å². The number of nitrogens with zero attached hydrogens (tertiary/aromatic N) is 4. The Hall–Kier alpha value is -3.57. The number of aromatic nitrogens is 2. The van der Waals surface area contributed by atoms with Crippen molar-refractivity contribution in [2.75, 3.05) is 0 Å². The predicted molar refractivity (Wildman–Crippen MR) is 103 cm³/mol. The molecule has 1 N–H and O–H groups in total. The van der Waals surface area contributed by atoms with E-state index in [0.717, 1.165) is 28.2 Å². The van der Waals surface area contributed by atoms with Crippen LogP contribution >= 0.6 is 0 Å². The molecule has 27 heavy (non-hydrogen) atoms. The number of hydrogen-bond donors (Lipinski definition) is 1. The van der Waals surface area contributed by atoms with Crippen LogP contribution in [0.25, 0.3) is 11.1 Å². The normalized spacial score (nSPS) is 10.6. The fourth-order valence-corrected chi connectivity index (χ4v) is 3.41. The number of aromatic hydroxyl groups is 1. The molecule has 2 heterocycles. The molecule has 0 amide bonds. The molecule has 0 aliphatic heterocycles. The van der Waals surface area contributed by atoms with E-state index >= 15 is 0 Å². The van der Waals surface area contributed by atoms with E-state index in [1.54, 1.807) is 24.3 Å². The standard InChI is InChI=1S/C22H20N4O/c1-14(2)22-20(11-24)21(17-6-4-16(10-23)5-7-17)15(3)26(22)13-18-8-9-19(27)12-25-18/h4-9,12,14,27H,13H2,1-3H3. The lowest BCUT2D eigenvalue weighted by Gasteiger charge is -2.14. The molecule has 3 aromatic rings. The molecule has 0 unspecified atom stereocenters. The van der Waals surface area contributed by atoms with Gasteiger partial charge in [-0.05, 0) is 42.7 Å². The summed E-state index contributed by atoms with van der Waals surface area (Å²) in [5.74, 6) is 0.283. The molecule has 5 heteroatoms. The Balaban J connectivity index is 2.18. The van der Waals surface area contributed by atoms with Gasteiger partial charge in [-0.15, -0.1) is 0 Å². The zero-order chi connectivity index (χ0) is 19.6. The summed E-state index contributed by atoms with van der Waals surface area (Å²) in [5, 5.41) is 28.4. The molecule has 0 aliphatic rings. The lowest BCUT2D eigenvalue weighted by molar-refractivity contribution is 0.471. The largest absolute Gasteiger partial charge is 0.506 e. The molecule has 2 aromatic heterocycles. The minimum absolute atomic E-state index is 0.128. The highest BCUT2D eigenvalue weighted by atomic mass is 16.3. The average Bonchev–Trinajstić information content (AvgIpc) is 2.95. The molecule has 1 aromatic carbocycles. The third-order valence-corrected chi connectivity index (χ3v) is 4.65. The van der Waals surface area contributed by atoms with Crippen molar-refractivity contribution in [1.82, 2.24) is 9.55 Å². The molecule has 0 saturated carbocycles. The number of pyridine rings is 1. The summed E-state index contributed by atoms with van der Waals surface area (Å²) < 4.78 is 2.12. The van der Waals surface area contributed by atoms with Crippen LogP contribution < -0.4 is 0 Å². The maximum Gasteiger partial charge on any atom is 0.133 e. The second-order valence-electron chi connectivity index (χ2n) is 6.77. The lowest BCUT2D eigenvalue weighted by Crippen LogP contribution is -2.09. The van der Waals surface area contributed by atoms with E-state index in [2.05, 4.69) is 35.5 Å². The Bertz CT molecular complexity index is 1050. The van der Waals surface area contributed by atoms with Crippen LogP contribution in [0.2, 0.25) is 0 Å². The fourth-order valence-electron chi connectivity index (χ4n) is 3.41. The van der Waals surface area contributed by atoms with Gasteiger partial charge in [-0.25, -0.2) is 0 Å². The van der Waals surface area contributed by atoms with Crippen LogP contribution in [0, 0.1) is 29.6 Å². The van der Waals surface area contributed by atoms with E-state index in [9.17, 15) is 10.4 Å². The van der Waals surface area contributed by atoms with Gasteiger partial charge in [-0.2, -0.15) is 10.5 Å². The Labute approximate surface area is 158 Å². The van der Waals surface area contributed by atoms with Crippen molar-refractivity contribution in [1.29, 1.82) is 10.5 Å². The number of hydrogen-bond acceptors (Lipinski definition) is 4. The first-order valence-electron chi connectivity index (χ1n) is 8.73. The van der Waals surface area contributed by atoms with Crippen LogP contribution in [-0.4, -0.2) is 14.7 Å². The van der Waals surface area contributed by atoms with Gasteiger partial charge in [0.05, 0.1) is 35.6 Å². The van der Waals surface area contributed by atoms with Crippen molar-refractivity contribution >= 4 is 0 Å². The summed E-state index contributed by atoms with van der Waals surface area (Å²) >= 11 is 0. The average molecular weight is 356 g/mol. The van der Waals surface area contributed by atoms with Gasteiger partial charge in [0.25, 0.3) is 0 Å². The van der Waals surface area contributed by atoms with Crippen LogP contribution in [0.4, 0.5) is 0 Å². The topological polar surface area (TPSA) is 85.6 Å². The zero-order valence-electron chi connectivity index (χ0n) is 15.6. The van der Waals surface area contributed by atoms with Crippen LogP contribution in [-0.2, 0) is 6.54 Å². The maximum atomic E-state index is 9.89. The van der Waals surface area contributed by atoms with E-state index in [1.165, 1.54) is 6.20 Å². The van der Waals surface area contributed by atoms with Crippen LogP contribution in [0.15, 0.2) is 42.6 Å². The first-order chi connectivity index (χ1) is 13.0. The van der Waals surface area contributed by atoms with E-state index < -0.39 is 0 Å². The summed E-state index contributed by atoms with van der Waals surface area (Å²) in [4.78, 5) is 4.29. The first kappa shape index (κ1) is 18.2. The van der Waals surface area contributed by atoms with E-state index in [-0.39, 0.29) is 11.7 Å². The quantitative estimate of drug-likeness (QED) is 0.747. The second kappa shape index (κ2) is 7.35. The Kier molecular flexibility index (Phi) is 4.96. The third kappa shape index (κ3) is 3.41. The van der Waals surface area contributed by atoms with Crippen LogP contribution in [0.3, 0.4) is 0 Å². The minimum Gasteiger partial charge on any atom is -0.506 e. The zero-order valence-corrected chi connectivity index (χ0v) is 15.6. The molecule has 134 valence electrons. The van der Waals surface area contributed by atoms with Gasteiger partial charge in [0.2, 0.25) is 0 Å². The summed E-state index contributed by atoms with van der Waals surface area (Å²) in [6, 6.07) is 15.2. The van der Waals surface area contributed by atoms with E-state index in [1.807, 2.05) is 19.1 Å². The Morgan fingerprint density at radius 3 is 2.30 bits per heavy atom. The Morgan fingerprint density at radius 2 is 1.78 bits per heavy atom. The molecule has 0 bridgehead atoms. The molecular formula is C22H20N4O. The molecular weight excluding hydrogens is 336 g/mol. The highest BCUT2D eigenvalue weighted by Gasteiger charge is 2.23. The molecule has 0 aliphatic carbocycles. The number of benzene rings is 1. The lowest BCUT2D eigenvalue weighted by atomic mass is 9.97. The summed E-state index contributed by atoms with van der Waals surface area (Å²) in [6.45, 7) is 6.66. The maximum absolute atomic E-state index is 9.89. The van der Waals surface area contributed by atoms with Gasteiger partial charge in [-0.3, -0.25) is 4.98 Å². The highest BCUT2D eigenvalue weighted by molar-refractivity contribution is 5.76. The molecule has 0 fully saturated rings. The monoisotopic (exact) mass is 356 g/mol. The van der Waals surface area contributed by atoms with Gasteiger partial charge in [0, 0.05) is 17.0 Å². The summed E-state index contributed by atoms with van der Waals surface area (Å²) in [7, 11) is 0. The van der Waals surface area contributed by atoms with Crippen molar-refractivity contribution in [2.24, 2.45) is 0 Å². The SMILES string of the molecule is Cc1c(-c2ccc(C#N)cc2)c(C#N)c(C(C)C)n1Cc1ccc(O)cn1. The molecule has 0 spiro atoms. The number of rotatable bonds is 4. The third-order valence-electron chi connectivity index (χ3n) is 4.65. The molecule has 0 atom stereocenters. The Morgan fingerprint density at radius 1 is 1.07 bits per heavy atom. The van der Waals surface area contributed by atoms with Crippen molar-refractivity contribution in [3.8, 4) is 29.0 Å². The second-order valence-corrected chi connectivity index (χ2v) is 6.77. The molecule has 3 rings (SSSR count). The van der Waals surface area contributed by atoms with Crippen molar-refractivity contribution in [3.63, 3.8) is 0 Å². The van der Waals surface area contributed by atoms with E-state index in [0.29, 0.717) is 17.7 Å². The van der Waals surface area contributed by atoms with Gasteiger partial charge in [-0.1, -0.05) is 26.0 Å². The van der Waals surface area contributed by atoms with Gasteiger partial charge < -0.3 is 9.67 Å². The van der Waals surface area contributed by atoms with Crippen LogP contribution in [0.1, 0.15) is 48.0 Å². The smallest absolute Gasteiger partial charge is 0.133 e. The van der Waals surface area contributed by atoms with Crippen molar-refractivity contribution in [2.45, 2.75) is 33.2 Å². The minimum atomic E-state index is 0.128. The predicted octanol–water partition coefficient (Wildman–Crippen LogP) is 4.48. The first-order valence-corrected chi connectivity index (χ1v) is 8.73. The van der Waals surface area contributed by atoms with E-state index in [4.69, 9.17) is 5.26 Å². The van der Waals surface area contributed by atoms with Crippen molar-refractivity contribution in [3.05, 3.63) is 70.8 Å². The molecule has 0 radical (unpaired) electrons. The van der Waals surface area contributed by atoms with Crippen LogP contribution in [0.5, 0.6) is 5.75 Å². The highest BCUT2D eigenvalue weighted by Crippen LogP contribution is 2.36. The van der Waals surface area contributed by atoms with Gasteiger partial charge >= 0.3 is 0 Å². The summed E-state index contributed by atoms with van der Waals surface area (Å²) in [6.07, 6.45) is 1.43.